The first-order valence-corrected chi connectivity index (χ1v) is 11.0. The molecule has 0 saturated heterocycles. The molecule has 1 heterocycles. The lowest BCUT2D eigenvalue weighted by Gasteiger charge is -2.16. The number of para-hydroxylation sites is 1. The summed E-state index contributed by atoms with van der Waals surface area (Å²) in [6, 6.07) is 14.2. The third-order valence-electron chi connectivity index (χ3n) is 3.51. The van der Waals surface area contributed by atoms with Crippen LogP contribution in [0.2, 0.25) is 19.6 Å². The molecule has 0 N–H and O–H groups in total. The largest absolute Gasteiger partial charge is 0.268 e. The molecule has 4 heteroatoms. The van der Waals surface area contributed by atoms with Gasteiger partial charge in [-0.3, -0.25) is 9.59 Å². The predicted octanol–water partition coefficient (Wildman–Crippen LogP) is 3.72. The van der Waals surface area contributed by atoms with Gasteiger partial charge in [0.15, 0.2) is 0 Å². The summed E-state index contributed by atoms with van der Waals surface area (Å²) >= 11 is 0. The summed E-state index contributed by atoms with van der Waals surface area (Å²) in [5, 5.41) is 0. The fourth-order valence-electron chi connectivity index (χ4n) is 2.44. The third kappa shape index (κ3) is 2.83. The number of hydrogen-bond donors (Lipinski definition) is 0. The Balaban J connectivity index is 2.09. The topological polar surface area (TPSA) is 37.4 Å². The van der Waals surface area contributed by atoms with E-state index in [1.54, 1.807) is 30.3 Å². The van der Waals surface area contributed by atoms with Crippen LogP contribution in [0, 0.1) is 11.5 Å². The van der Waals surface area contributed by atoms with Crippen LogP contribution >= 0.6 is 0 Å². The van der Waals surface area contributed by atoms with Gasteiger partial charge in [-0.15, -0.1) is 5.54 Å². The third-order valence-corrected chi connectivity index (χ3v) is 4.39. The minimum Gasteiger partial charge on any atom is -0.268 e. The molecule has 2 aromatic rings. The maximum atomic E-state index is 12.6. The zero-order chi connectivity index (χ0) is 16.6. The molecule has 2 aromatic carbocycles. The van der Waals surface area contributed by atoms with Crippen LogP contribution in [0.3, 0.4) is 0 Å². The number of carbonyl (C=O) groups excluding carboxylic acids is 2. The molecule has 0 atom stereocenters. The molecular formula is C19H17NO2Si. The van der Waals surface area contributed by atoms with Gasteiger partial charge in [-0.1, -0.05) is 49.8 Å². The van der Waals surface area contributed by atoms with Crippen LogP contribution in [0.1, 0.15) is 26.3 Å². The smallest absolute Gasteiger partial charge is 0.266 e. The van der Waals surface area contributed by atoms with E-state index in [4.69, 9.17) is 0 Å². The van der Waals surface area contributed by atoms with Gasteiger partial charge in [-0.2, -0.15) is 0 Å². The second kappa shape index (κ2) is 5.53. The molecule has 1 aliphatic heterocycles. The summed E-state index contributed by atoms with van der Waals surface area (Å²) in [4.78, 5) is 26.5. The van der Waals surface area contributed by atoms with Gasteiger partial charge in [0.25, 0.3) is 11.8 Å². The number of amides is 2. The summed E-state index contributed by atoms with van der Waals surface area (Å²) in [7, 11) is -1.55. The highest BCUT2D eigenvalue weighted by Gasteiger charge is 2.37. The lowest BCUT2D eigenvalue weighted by molar-refractivity contribution is 0.0926. The van der Waals surface area contributed by atoms with Gasteiger partial charge in [0, 0.05) is 5.56 Å². The summed E-state index contributed by atoms with van der Waals surface area (Å²) < 4.78 is 0. The van der Waals surface area contributed by atoms with Gasteiger partial charge in [0.05, 0.1) is 16.8 Å². The highest BCUT2D eigenvalue weighted by Crippen LogP contribution is 2.30. The highest BCUT2D eigenvalue weighted by atomic mass is 28.3. The van der Waals surface area contributed by atoms with Crippen LogP contribution in [0.5, 0.6) is 0 Å². The van der Waals surface area contributed by atoms with Crippen molar-refractivity contribution < 1.29 is 9.59 Å². The van der Waals surface area contributed by atoms with E-state index in [0.717, 1.165) is 0 Å². The second-order valence-corrected chi connectivity index (χ2v) is 11.3. The number of rotatable bonds is 1. The molecule has 3 nitrogen and oxygen atoms in total. The predicted molar refractivity (Wildman–Crippen MR) is 94.2 cm³/mol. The normalized spacial score (nSPS) is 13.6. The van der Waals surface area contributed by atoms with E-state index in [0.29, 0.717) is 22.4 Å². The van der Waals surface area contributed by atoms with Gasteiger partial charge >= 0.3 is 0 Å². The average molecular weight is 319 g/mol. The van der Waals surface area contributed by atoms with Crippen LogP contribution in [0.4, 0.5) is 5.69 Å². The van der Waals surface area contributed by atoms with Crippen LogP contribution in [-0.2, 0) is 0 Å². The number of nitrogens with zero attached hydrogens (tertiary/aromatic N) is 1. The van der Waals surface area contributed by atoms with Gasteiger partial charge in [0.1, 0.15) is 8.07 Å². The van der Waals surface area contributed by atoms with Crippen LogP contribution < -0.4 is 4.90 Å². The highest BCUT2D eigenvalue weighted by molar-refractivity contribution is 6.83. The van der Waals surface area contributed by atoms with Crippen molar-refractivity contribution in [2.24, 2.45) is 0 Å². The molecule has 0 unspecified atom stereocenters. The van der Waals surface area contributed by atoms with E-state index in [1.165, 1.54) is 4.90 Å². The standard InChI is InChI=1S/C19H17NO2Si/c1-23(2,3)13-12-14-8-4-7-11-17(14)20-18(21)15-9-5-6-10-16(15)19(20)22/h4-11H,1-3H3. The van der Waals surface area contributed by atoms with E-state index in [9.17, 15) is 9.59 Å². The second-order valence-electron chi connectivity index (χ2n) is 6.51. The SMILES string of the molecule is C[Si](C)(C)C#Cc1ccccc1N1C(=O)c2ccccc2C1=O. The van der Waals surface area contributed by atoms with Gasteiger partial charge < -0.3 is 0 Å². The molecule has 0 spiro atoms. The Bertz CT molecular complexity index is 834. The van der Waals surface area contributed by atoms with Gasteiger partial charge in [-0.25, -0.2) is 4.90 Å². The number of fused-ring (bicyclic) bond motifs is 1. The summed E-state index contributed by atoms with van der Waals surface area (Å²) in [5.41, 5.74) is 5.46. The fourth-order valence-corrected chi connectivity index (χ4v) is 2.95. The van der Waals surface area contributed by atoms with Crippen LogP contribution in [-0.4, -0.2) is 19.9 Å². The van der Waals surface area contributed by atoms with E-state index >= 15 is 0 Å². The van der Waals surface area contributed by atoms with Crippen molar-refractivity contribution in [3.8, 4) is 11.5 Å². The van der Waals surface area contributed by atoms with Crippen molar-refractivity contribution in [2.45, 2.75) is 19.6 Å². The Labute approximate surface area is 137 Å². The van der Waals surface area contributed by atoms with Crippen molar-refractivity contribution >= 4 is 25.6 Å². The van der Waals surface area contributed by atoms with Gasteiger partial charge in [0.2, 0.25) is 0 Å². The zero-order valence-corrected chi connectivity index (χ0v) is 14.4. The molecule has 2 amide bonds. The lowest BCUT2D eigenvalue weighted by atomic mass is 10.1. The molecule has 23 heavy (non-hydrogen) atoms. The number of hydrogen-bond acceptors (Lipinski definition) is 2. The Morgan fingerprint density at radius 2 is 1.35 bits per heavy atom. The van der Waals surface area contributed by atoms with E-state index in [2.05, 4.69) is 31.1 Å². The summed E-state index contributed by atoms with van der Waals surface area (Å²) in [6.07, 6.45) is 0. The first-order chi connectivity index (χ1) is 10.9. The first kappa shape index (κ1) is 15.3. The number of carbonyl (C=O) groups is 2. The summed E-state index contributed by atoms with van der Waals surface area (Å²) in [6.45, 7) is 6.47. The monoisotopic (exact) mass is 319 g/mol. The fraction of sp³-hybridized carbons (Fsp3) is 0.158. The molecule has 0 bridgehead atoms. The number of benzene rings is 2. The molecule has 0 aliphatic carbocycles. The first-order valence-electron chi connectivity index (χ1n) is 7.48. The van der Waals surface area contributed by atoms with Crippen molar-refractivity contribution in [1.29, 1.82) is 0 Å². The molecule has 0 fully saturated rings. The van der Waals surface area contributed by atoms with Crippen molar-refractivity contribution in [1.82, 2.24) is 0 Å². The molecule has 1 aliphatic rings. The lowest BCUT2D eigenvalue weighted by Crippen LogP contribution is -2.30. The minimum atomic E-state index is -1.55. The maximum absolute atomic E-state index is 12.6. The molecule has 0 aromatic heterocycles. The molecule has 0 saturated carbocycles. The van der Waals surface area contributed by atoms with Crippen LogP contribution in [0.15, 0.2) is 48.5 Å². The van der Waals surface area contributed by atoms with Gasteiger partial charge in [-0.05, 0) is 24.3 Å². The number of anilines is 1. The molecule has 114 valence electrons. The van der Waals surface area contributed by atoms with Crippen molar-refractivity contribution in [3.63, 3.8) is 0 Å². The summed E-state index contributed by atoms with van der Waals surface area (Å²) in [5.74, 6) is 2.59. The van der Waals surface area contributed by atoms with E-state index in [1.807, 2.05) is 18.2 Å². The average Bonchev–Trinajstić information content (AvgIpc) is 2.77. The Morgan fingerprint density at radius 1 is 0.826 bits per heavy atom. The van der Waals surface area contributed by atoms with E-state index in [-0.39, 0.29) is 11.8 Å². The zero-order valence-electron chi connectivity index (χ0n) is 13.4. The van der Waals surface area contributed by atoms with E-state index < -0.39 is 8.07 Å². The molecular weight excluding hydrogens is 302 g/mol. The van der Waals surface area contributed by atoms with Crippen LogP contribution in [0.25, 0.3) is 0 Å². The molecule has 3 rings (SSSR count). The van der Waals surface area contributed by atoms with Crippen molar-refractivity contribution in [2.75, 3.05) is 4.90 Å². The Hall–Kier alpha value is -2.64. The van der Waals surface area contributed by atoms with Crippen molar-refractivity contribution in [3.05, 3.63) is 65.2 Å². The number of imide groups is 1. The molecule has 0 radical (unpaired) electrons. The Kier molecular flexibility index (Phi) is 3.67. The Morgan fingerprint density at radius 3 is 1.91 bits per heavy atom. The maximum Gasteiger partial charge on any atom is 0.266 e. The minimum absolute atomic E-state index is 0.284. The quantitative estimate of drug-likeness (QED) is 0.456.